The summed E-state index contributed by atoms with van der Waals surface area (Å²) in [4.78, 5) is 24.3. The number of nitrogens with one attached hydrogen (secondary N) is 2. The average molecular weight is 278 g/mol. The van der Waals surface area contributed by atoms with Gasteiger partial charge in [0.05, 0.1) is 0 Å². The van der Waals surface area contributed by atoms with Crippen molar-refractivity contribution < 1.29 is 9.59 Å². The fourth-order valence-corrected chi connectivity index (χ4v) is 1.63. The molecule has 4 N–H and O–H groups in total. The Kier molecular flexibility index (Phi) is 6.36. The lowest BCUT2D eigenvalue weighted by atomic mass is 10.1. The van der Waals surface area contributed by atoms with Crippen molar-refractivity contribution in [2.24, 2.45) is 0 Å². The zero-order chi connectivity index (χ0) is 15.0. The third-order valence-electron chi connectivity index (χ3n) is 2.81. The summed E-state index contributed by atoms with van der Waals surface area (Å²) in [6.45, 7) is 0.832. The summed E-state index contributed by atoms with van der Waals surface area (Å²) in [5.41, 5.74) is 7.49. The van der Waals surface area contributed by atoms with Crippen LogP contribution in [-0.2, 0) is 11.2 Å². The van der Waals surface area contributed by atoms with E-state index < -0.39 is 0 Å². The van der Waals surface area contributed by atoms with Gasteiger partial charge in [-0.05, 0) is 18.1 Å². The van der Waals surface area contributed by atoms with E-state index in [2.05, 4.69) is 10.6 Å². The van der Waals surface area contributed by atoms with Crippen LogP contribution in [0.15, 0.2) is 24.3 Å². The molecule has 0 heterocycles. The molecule has 0 radical (unpaired) electrons. The van der Waals surface area contributed by atoms with Crippen LogP contribution < -0.4 is 16.4 Å². The number of amides is 3. The maximum absolute atomic E-state index is 11.6. The van der Waals surface area contributed by atoms with Crippen molar-refractivity contribution in [1.29, 1.82) is 0 Å². The monoisotopic (exact) mass is 278 g/mol. The molecule has 1 aromatic carbocycles. The number of carbonyl (C=O) groups is 2. The van der Waals surface area contributed by atoms with Crippen LogP contribution in [-0.4, -0.2) is 44.0 Å². The highest BCUT2D eigenvalue weighted by Crippen LogP contribution is 2.12. The van der Waals surface area contributed by atoms with Gasteiger partial charge in [0.25, 0.3) is 0 Å². The van der Waals surface area contributed by atoms with Crippen LogP contribution in [0.25, 0.3) is 0 Å². The van der Waals surface area contributed by atoms with E-state index in [-0.39, 0.29) is 11.9 Å². The number of nitrogens with two attached hydrogens (primary N) is 1. The van der Waals surface area contributed by atoms with E-state index in [0.29, 0.717) is 31.6 Å². The summed E-state index contributed by atoms with van der Waals surface area (Å²) in [6, 6.07) is 7.34. The molecule has 1 rings (SSSR count). The second-order valence-corrected chi connectivity index (χ2v) is 4.68. The van der Waals surface area contributed by atoms with Crippen molar-refractivity contribution in [3.05, 3.63) is 29.8 Å². The molecule has 0 aliphatic heterocycles. The highest BCUT2D eigenvalue weighted by atomic mass is 16.2. The number of hydrogen-bond donors (Lipinski definition) is 3. The third-order valence-corrected chi connectivity index (χ3v) is 2.81. The van der Waals surface area contributed by atoms with E-state index in [9.17, 15) is 9.59 Å². The molecule has 1 aromatic rings. The maximum atomic E-state index is 11.6. The third kappa shape index (κ3) is 5.60. The Morgan fingerprint density at radius 2 is 1.80 bits per heavy atom. The predicted molar refractivity (Wildman–Crippen MR) is 79.3 cm³/mol. The zero-order valence-electron chi connectivity index (χ0n) is 12.0. The van der Waals surface area contributed by atoms with Crippen molar-refractivity contribution >= 4 is 17.6 Å². The highest BCUT2D eigenvalue weighted by Gasteiger charge is 2.05. The molecule has 6 heteroatoms. The summed E-state index contributed by atoms with van der Waals surface area (Å²) in [6.07, 6.45) is 0.998. The molecule has 110 valence electrons. The molecular weight excluding hydrogens is 256 g/mol. The second kappa shape index (κ2) is 8.04. The summed E-state index contributed by atoms with van der Waals surface area (Å²) < 4.78 is 0. The number of nitrogens with zero attached hydrogens (tertiary/aromatic N) is 1. The standard InChI is InChI=1S/C14H22N4O2/c1-18(2)14(20)17-10-9-16-13(19)8-7-11-5-3-4-6-12(11)15/h3-6H,7-10,15H2,1-2H3,(H,16,19)(H,17,20). The number of aryl methyl sites for hydroxylation is 1. The Balaban J connectivity index is 2.18. The van der Waals surface area contributed by atoms with Crippen molar-refractivity contribution in [2.45, 2.75) is 12.8 Å². The van der Waals surface area contributed by atoms with Crippen LogP contribution in [0, 0.1) is 0 Å². The molecule has 0 atom stereocenters. The zero-order valence-corrected chi connectivity index (χ0v) is 12.0. The number of anilines is 1. The van der Waals surface area contributed by atoms with Crippen LogP contribution in [0.5, 0.6) is 0 Å². The van der Waals surface area contributed by atoms with Gasteiger partial charge in [-0.3, -0.25) is 4.79 Å². The summed E-state index contributed by atoms with van der Waals surface area (Å²) in [5, 5.41) is 5.43. The lowest BCUT2D eigenvalue weighted by Gasteiger charge is -2.12. The van der Waals surface area contributed by atoms with Gasteiger partial charge in [-0.15, -0.1) is 0 Å². The Hall–Kier alpha value is -2.24. The normalized spacial score (nSPS) is 9.90. The Labute approximate surface area is 119 Å². The fraction of sp³-hybridized carbons (Fsp3) is 0.429. The molecule has 20 heavy (non-hydrogen) atoms. The van der Waals surface area contributed by atoms with Crippen molar-refractivity contribution in [2.75, 3.05) is 32.9 Å². The van der Waals surface area contributed by atoms with Crippen LogP contribution in [0.2, 0.25) is 0 Å². The lowest BCUT2D eigenvalue weighted by Crippen LogP contribution is -2.39. The minimum Gasteiger partial charge on any atom is -0.399 e. The molecule has 0 aliphatic rings. The van der Waals surface area contributed by atoms with Gasteiger partial charge in [0, 0.05) is 39.3 Å². The maximum Gasteiger partial charge on any atom is 0.316 e. The molecule has 0 bridgehead atoms. The Bertz CT molecular complexity index is 460. The molecule has 0 aromatic heterocycles. The quantitative estimate of drug-likeness (QED) is 0.525. The smallest absolute Gasteiger partial charge is 0.316 e. The van der Waals surface area contributed by atoms with E-state index >= 15 is 0 Å². The first-order valence-corrected chi connectivity index (χ1v) is 6.56. The summed E-state index contributed by atoms with van der Waals surface area (Å²) in [5.74, 6) is -0.0487. The van der Waals surface area contributed by atoms with Crippen LogP contribution in [0.1, 0.15) is 12.0 Å². The molecule has 0 saturated heterocycles. The van der Waals surface area contributed by atoms with Crippen molar-refractivity contribution in [3.8, 4) is 0 Å². The van der Waals surface area contributed by atoms with Gasteiger partial charge in [-0.1, -0.05) is 18.2 Å². The fourth-order valence-electron chi connectivity index (χ4n) is 1.63. The first-order valence-electron chi connectivity index (χ1n) is 6.56. The van der Waals surface area contributed by atoms with Gasteiger partial charge in [0.2, 0.25) is 5.91 Å². The lowest BCUT2D eigenvalue weighted by molar-refractivity contribution is -0.121. The highest BCUT2D eigenvalue weighted by molar-refractivity contribution is 5.76. The number of carbonyl (C=O) groups excluding carboxylic acids is 2. The number of rotatable bonds is 6. The molecule has 0 saturated carbocycles. The average Bonchev–Trinajstić information content (AvgIpc) is 2.42. The van der Waals surface area contributed by atoms with Gasteiger partial charge in [-0.25, -0.2) is 4.79 Å². The number of urea groups is 1. The van der Waals surface area contributed by atoms with Crippen molar-refractivity contribution in [1.82, 2.24) is 15.5 Å². The molecular formula is C14H22N4O2. The van der Waals surface area contributed by atoms with E-state index in [4.69, 9.17) is 5.73 Å². The van der Waals surface area contributed by atoms with E-state index in [1.165, 1.54) is 4.90 Å². The molecule has 3 amide bonds. The summed E-state index contributed by atoms with van der Waals surface area (Å²) >= 11 is 0. The molecule has 0 unspecified atom stereocenters. The number of hydrogen-bond acceptors (Lipinski definition) is 3. The van der Waals surface area contributed by atoms with Gasteiger partial charge in [0.1, 0.15) is 0 Å². The second-order valence-electron chi connectivity index (χ2n) is 4.68. The van der Waals surface area contributed by atoms with Gasteiger partial charge in [-0.2, -0.15) is 0 Å². The van der Waals surface area contributed by atoms with Gasteiger partial charge < -0.3 is 21.3 Å². The predicted octanol–water partition coefficient (Wildman–Crippen LogP) is 0.589. The largest absolute Gasteiger partial charge is 0.399 e. The minimum absolute atomic E-state index is 0.0487. The van der Waals surface area contributed by atoms with Crippen molar-refractivity contribution in [3.63, 3.8) is 0 Å². The number of nitrogen functional groups attached to an aromatic ring is 1. The van der Waals surface area contributed by atoms with Crippen LogP contribution >= 0.6 is 0 Å². The number of para-hydroxylation sites is 1. The Morgan fingerprint density at radius 1 is 1.15 bits per heavy atom. The van der Waals surface area contributed by atoms with Crippen LogP contribution in [0.3, 0.4) is 0 Å². The summed E-state index contributed by atoms with van der Waals surface area (Å²) in [7, 11) is 3.33. The first-order chi connectivity index (χ1) is 9.50. The Morgan fingerprint density at radius 3 is 2.45 bits per heavy atom. The van der Waals surface area contributed by atoms with E-state index in [0.717, 1.165) is 5.56 Å². The molecule has 0 fully saturated rings. The molecule has 0 aliphatic carbocycles. The van der Waals surface area contributed by atoms with Gasteiger partial charge in [0.15, 0.2) is 0 Å². The molecule has 0 spiro atoms. The molecule has 6 nitrogen and oxygen atoms in total. The minimum atomic E-state index is -0.170. The van der Waals surface area contributed by atoms with E-state index in [1.807, 2.05) is 24.3 Å². The topological polar surface area (TPSA) is 87.5 Å². The van der Waals surface area contributed by atoms with Crippen LogP contribution in [0.4, 0.5) is 10.5 Å². The van der Waals surface area contributed by atoms with Gasteiger partial charge >= 0.3 is 6.03 Å². The first kappa shape index (κ1) is 15.8. The SMILES string of the molecule is CN(C)C(=O)NCCNC(=O)CCc1ccccc1N. The van der Waals surface area contributed by atoms with E-state index in [1.54, 1.807) is 14.1 Å². The number of benzene rings is 1.